The summed E-state index contributed by atoms with van der Waals surface area (Å²) in [6.07, 6.45) is 1.68. The zero-order chi connectivity index (χ0) is 16.1. The van der Waals surface area contributed by atoms with Crippen molar-refractivity contribution in [1.29, 1.82) is 0 Å². The lowest BCUT2D eigenvalue weighted by atomic mass is 10.1. The van der Waals surface area contributed by atoms with Gasteiger partial charge in [-0.25, -0.2) is 0 Å². The second kappa shape index (κ2) is 6.69. The molecule has 114 valence electrons. The summed E-state index contributed by atoms with van der Waals surface area (Å²) in [5.74, 6) is 0.113. The minimum Gasteiger partial charge on any atom is -0.507 e. The van der Waals surface area contributed by atoms with Crippen molar-refractivity contribution in [3.05, 3.63) is 71.1 Å². The zero-order valence-corrected chi connectivity index (χ0v) is 11.8. The maximum absolute atomic E-state index is 10.1. The molecule has 2 aromatic carbocycles. The van der Waals surface area contributed by atoms with Gasteiger partial charge in [-0.3, -0.25) is 0 Å². The average Bonchev–Trinajstić information content (AvgIpc) is 2.51. The van der Waals surface area contributed by atoms with Gasteiger partial charge in [-0.15, -0.1) is 0 Å². The quantitative estimate of drug-likeness (QED) is 0.590. The van der Waals surface area contributed by atoms with E-state index in [1.165, 1.54) is 24.3 Å². The summed E-state index contributed by atoms with van der Waals surface area (Å²) >= 11 is 0. The molecule has 0 unspecified atom stereocenters. The Morgan fingerprint density at radius 3 is 1.50 bits per heavy atom. The molecule has 0 aliphatic carbocycles. The van der Waals surface area contributed by atoms with Gasteiger partial charge in [0.25, 0.3) is 0 Å². The summed E-state index contributed by atoms with van der Waals surface area (Å²) in [6.45, 7) is 0. The van der Waals surface area contributed by atoms with E-state index in [1.54, 1.807) is 36.4 Å². The van der Waals surface area contributed by atoms with Crippen molar-refractivity contribution in [3.63, 3.8) is 0 Å². The van der Waals surface area contributed by atoms with E-state index in [9.17, 15) is 15.3 Å². The van der Waals surface area contributed by atoms with Crippen molar-refractivity contribution in [1.82, 2.24) is 0 Å². The summed E-state index contributed by atoms with van der Waals surface area (Å²) in [7, 11) is 0. The Balaban J connectivity index is 2.25. The second-order valence-electron chi connectivity index (χ2n) is 4.81. The molecule has 0 aliphatic rings. The van der Waals surface area contributed by atoms with Crippen LogP contribution in [0.3, 0.4) is 0 Å². The summed E-state index contributed by atoms with van der Waals surface area (Å²) in [5, 5.41) is 29.5. The van der Waals surface area contributed by atoms with Crippen molar-refractivity contribution in [2.75, 3.05) is 0 Å². The van der Waals surface area contributed by atoms with E-state index in [-0.39, 0.29) is 22.9 Å². The third-order valence-corrected chi connectivity index (χ3v) is 3.15. The summed E-state index contributed by atoms with van der Waals surface area (Å²) in [5.41, 5.74) is 12.8. The van der Waals surface area contributed by atoms with Crippen molar-refractivity contribution in [2.24, 2.45) is 11.5 Å². The first-order valence-corrected chi connectivity index (χ1v) is 6.67. The molecule has 0 aromatic heterocycles. The summed E-state index contributed by atoms with van der Waals surface area (Å²) in [4.78, 5) is 0. The lowest BCUT2D eigenvalue weighted by Crippen LogP contribution is -2.24. The molecule has 0 bridgehead atoms. The van der Waals surface area contributed by atoms with Crippen LogP contribution in [0, 0.1) is 0 Å². The van der Waals surface area contributed by atoms with E-state index in [0.717, 1.165) is 0 Å². The van der Waals surface area contributed by atoms with Crippen molar-refractivity contribution in [2.45, 2.75) is 6.10 Å². The standard InChI is InChI=1S/C17H18N2O3/c18-13(9-11-5-1-3-7-15(11)20)17(22)14(19)10-12-6-2-4-8-16(12)21/h1-10,17,20-22H,18-19H2. The minimum absolute atomic E-state index is 0.0564. The molecule has 0 aliphatic heterocycles. The topological polar surface area (TPSA) is 113 Å². The maximum atomic E-state index is 10.1. The molecule has 0 saturated carbocycles. The lowest BCUT2D eigenvalue weighted by Gasteiger charge is -2.12. The van der Waals surface area contributed by atoms with Gasteiger partial charge in [-0.05, 0) is 24.3 Å². The van der Waals surface area contributed by atoms with Crippen LogP contribution in [0.2, 0.25) is 0 Å². The number of aromatic hydroxyl groups is 2. The Hall–Kier alpha value is -2.92. The smallest absolute Gasteiger partial charge is 0.132 e. The number of hydrogen-bond donors (Lipinski definition) is 5. The molecule has 0 amide bonds. The van der Waals surface area contributed by atoms with Crippen LogP contribution in [0.1, 0.15) is 11.1 Å². The number of hydrogen-bond acceptors (Lipinski definition) is 5. The molecule has 0 radical (unpaired) electrons. The van der Waals surface area contributed by atoms with Crippen LogP contribution in [0.25, 0.3) is 12.2 Å². The molecule has 0 heterocycles. The molecular formula is C17H18N2O3. The molecule has 22 heavy (non-hydrogen) atoms. The number of nitrogens with two attached hydrogens (primary N) is 2. The number of rotatable bonds is 4. The molecule has 7 N–H and O–H groups in total. The van der Waals surface area contributed by atoms with Gasteiger partial charge < -0.3 is 26.8 Å². The number of aliphatic hydroxyl groups is 1. The Kier molecular flexibility index (Phi) is 4.70. The van der Waals surface area contributed by atoms with Crippen LogP contribution in [0.15, 0.2) is 59.9 Å². The minimum atomic E-state index is -1.22. The molecule has 5 nitrogen and oxygen atoms in total. The molecule has 5 heteroatoms. The highest BCUT2D eigenvalue weighted by Gasteiger charge is 2.12. The largest absolute Gasteiger partial charge is 0.507 e. The molecule has 2 rings (SSSR count). The lowest BCUT2D eigenvalue weighted by molar-refractivity contribution is 0.245. The first-order valence-electron chi connectivity index (χ1n) is 6.67. The molecule has 0 atom stereocenters. The van der Waals surface area contributed by atoms with Crippen molar-refractivity contribution in [3.8, 4) is 11.5 Å². The Bertz CT molecular complexity index is 662. The van der Waals surface area contributed by atoms with Gasteiger partial charge in [0.1, 0.15) is 17.6 Å². The number of benzene rings is 2. The summed E-state index contributed by atoms with van der Waals surface area (Å²) in [6, 6.07) is 13.2. The van der Waals surface area contributed by atoms with Crippen LogP contribution in [0.5, 0.6) is 11.5 Å². The number of para-hydroxylation sites is 2. The van der Waals surface area contributed by atoms with E-state index in [2.05, 4.69) is 0 Å². The van der Waals surface area contributed by atoms with Gasteiger partial charge >= 0.3 is 0 Å². The van der Waals surface area contributed by atoms with E-state index in [0.29, 0.717) is 11.1 Å². The SMILES string of the molecule is NC(=Cc1ccccc1O)C(O)C(N)=Cc1ccccc1O. The molecule has 0 saturated heterocycles. The molecule has 2 aromatic rings. The van der Waals surface area contributed by atoms with Crippen molar-refractivity contribution < 1.29 is 15.3 Å². The number of phenols is 2. The third-order valence-electron chi connectivity index (χ3n) is 3.15. The highest BCUT2D eigenvalue weighted by atomic mass is 16.3. The van der Waals surface area contributed by atoms with E-state index in [4.69, 9.17) is 11.5 Å². The van der Waals surface area contributed by atoms with Gasteiger partial charge in [-0.2, -0.15) is 0 Å². The average molecular weight is 298 g/mol. The zero-order valence-electron chi connectivity index (χ0n) is 11.8. The Morgan fingerprint density at radius 2 is 1.14 bits per heavy atom. The molecule has 0 spiro atoms. The number of phenolic OH excluding ortho intramolecular Hbond substituents is 2. The van der Waals surface area contributed by atoms with Crippen LogP contribution >= 0.6 is 0 Å². The van der Waals surface area contributed by atoms with Crippen LogP contribution < -0.4 is 11.5 Å². The van der Waals surface area contributed by atoms with Gasteiger partial charge in [0.05, 0.1) is 0 Å². The normalized spacial score (nSPS) is 13.9. The first kappa shape index (κ1) is 15.5. The van der Waals surface area contributed by atoms with Crippen LogP contribution in [-0.2, 0) is 0 Å². The van der Waals surface area contributed by atoms with Crippen LogP contribution in [-0.4, -0.2) is 21.4 Å². The Morgan fingerprint density at radius 1 is 0.773 bits per heavy atom. The number of aliphatic hydroxyl groups excluding tert-OH is 1. The highest BCUT2D eigenvalue weighted by Crippen LogP contribution is 2.22. The second-order valence-corrected chi connectivity index (χ2v) is 4.81. The van der Waals surface area contributed by atoms with E-state index < -0.39 is 6.10 Å². The molecule has 0 fully saturated rings. The summed E-state index contributed by atoms with van der Waals surface area (Å²) < 4.78 is 0. The first-order chi connectivity index (χ1) is 10.5. The third kappa shape index (κ3) is 3.59. The van der Waals surface area contributed by atoms with E-state index in [1.807, 2.05) is 0 Å². The Labute approximate surface area is 128 Å². The molecular weight excluding hydrogens is 280 g/mol. The van der Waals surface area contributed by atoms with Crippen molar-refractivity contribution >= 4 is 12.2 Å². The van der Waals surface area contributed by atoms with Gasteiger partial charge in [-0.1, -0.05) is 36.4 Å². The highest BCUT2D eigenvalue weighted by molar-refractivity contribution is 5.63. The fourth-order valence-corrected chi connectivity index (χ4v) is 1.93. The maximum Gasteiger partial charge on any atom is 0.132 e. The monoisotopic (exact) mass is 298 g/mol. The van der Waals surface area contributed by atoms with Gasteiger partial charge in [0.15, 0.2) is 0 Å². The predicted octanol–water partition coefficient (Wildman–Crippen LogP) is 1.76. The van der Waals surface area contributed by atoms with Gasteiger partial charge in [0.2, 0.25) is 0 Å². The van der Waals surface area contributed by atoms with E-state index >= 15 is 0 Å². The van der Waals surface area contributed by atoms with Crippen LogP contribution in [0.4, 0.5) is 0 Å². The predicted molar refractivity (Wildman–Crippen MR) is 86.5 cm³/mol. The van der Waals surface area contributed by atoms with Gasteiger partial charge in [0, 0.05) is 22.5 Å². The fourth-order valence-electron chi connectivity index (χ4n) is 1.93. The fraction of sp³-hybridized carbons (Fsp3) is 0.0588.